The van der Waals surface area contributed by atoms with Gasteiger partial charge in [-0.1, -0.05) is 6.07 Å². The van der Waals surface area contributed by atoms with Crippen LogP contribution in [0.25, 0.3) is 5.52 Å². The van der Waals surface area contributed by atoms with Crippen molar-refractivity contribution in [3.8, 4) is 0 Å². The van der Waals surface area contributed by atoms with Gasteiger partial charge in [-0.25, -0.2) is 13.6 Å². The molecule has 0 aliphatic heterocycles. The highest BCUT2D eigenvalue weighted by Crippen LogP contribution is 2.22. The topological polar surface area (TPSA) is 64.2 Å². The van der Waals surface area contributed by atoms with Crippen LogP contribution < -0.4 is 28.0 Å². The van der Waals surface area contributed by atoms with Gasteiger partial charge in [-0.2, -0.15) is 0 Å². The van der Waals surface area contributed by atoms with Crippen molar-refractivity contribution >= 4 is 41.8 Å². The minimum atomic E-state index is 0. The van der Waals surface area contributed by atoms with Gasteiger partial charge in [0.2, 0.25) is 6.33 Å². The number of aryl methyl sites for hydroxylation is 2. The average Bonchev–Trinajstić information content (AvgIpc) is 3.00. The molecule has 3 N–H and O–H groups in total. The quantitative estimate of drug-likeness (QED) is 0.437. The Morgan fingerprint density at radius 1 is 1.26 bits per heavy atom. The summed E-state index contributed by atoms with van der Waals surface area (Å²) in [7, 11) is 2.02. The number of fused-ring (bicyclic) bond motifs is 1. The van der Waals surface area contributed by atoms with E-state index in [1.165, 1.54) is 0 Å². The predicted octanol–water partition coefficient (Wildman–Crippen LogP) is -1.11. The molecule has 0 atom stereocenters. The molecule has 0 saturated carbocycles. The third-order valence-electron chi connectivity index (χ3n) is 3.29. The normalized spacial score (nSPS) is 9.61. The highest BCUT2D eigenvalue weighted by Gasteiger charge is 2.08. The Morgan fingerprint density at radius 3 is 2.70 bits per heavy atom. The highest BCUT2D eigenvalue weighted by molar-refractivity contribution is 5.85. The van der Waals surface area contributed by atoms with Crippen molar-refractivity contribution in [2.24, 2.45) is 7.05 Å². The van der Waals surface area contributed by atoms with Gasteiger partial charge in [0.25, 0.3) is 0 Å². The van der Waals surface area contributed by atoms with Gasteiger partial charge in [0.1, 0.15) is 18.1 Å². The first-order chi connectivity index (χ1) is 9.74. The molecule has 3 aromatic heterocycles. The number of halogens is 3. The predicted molar refractivity (Wildman–Crippen MR) is 92.8 cm³/mol. The lowest BCUT2D eigenvalue weighted by molar-refractivity contribution is -0.671. The number of hydrogen-bond donors (Lipinski definition) is 2. The zero-order valence-corrected chi connectivity index (χ0v) is 15.1. The lowest BCUT2D eigenvalue weighted by Gasteiger charge is -2.02. The van der Waals surface area contributed by atoms with Gasteiger partial charge in [0, 0.05) is 19.2 Å². The molecular weight excluding hydrogens is 359 g/mol. The van der Waals surface area contributed by atoms with Gasteiger partial charge >= 0.3 is 0 Å². The second-order valence-corrected chi connectivity index (χ2v) is 4.89. The second-order valence-electron chi connectivity index (χ2n) is 4.89. The molecule has 23 heavy (non-hydrogen) atoms. The molecule has 0 fully saturated rings. The van der Waals surface area contributed by atoms with Crippen molar-refractivity contribution in [1.82, 2.24) is 14.2 Å². The summed E-state index contributed by atoms with van der Waals surface area (Å²) in [5, 5.41) is 7.73. The molecule has 0 spiro atoms. The first-order valence-corrected chi connectivity index (χ1v) is 6.72. The van der Waals surface area contributed by atoms with Crippen LogP contribution in [0.2, 0.25) is 0 Å². The van der Waals surface area contributed by atoms with Crippen LogP contribution in [0.3, 0.4) is 0 Å². The number of rotatable bonds is 5. The first-order valence-electron chi connectivity index (χ1n) is 6.72. The molecule has 0 aliphatic rings. The number of nitrogen functional groups attached to an aromatic ring is 1. The molecule has 128 valence electrons. The van der Waals surface area contributed by atoms with Gasteiger partial charge in [-0.05, 0) is 12.1 Å². The summed E-state index contributed by atoms with van der Waals surface area (Å²) >= 11 is 0. The summed E-state index contributed by atoms with van der Waals surface area (Å²) in [4.78, 5) is 0. The molecule has 0 amide bonds. The Hall–Kier alpha value is -1.63. The van der Waals surface area contributed by atoms with E-state index >= 15 is 0 Å². The monoisotopic (exact) mass is 378 g/mol. The Balaban J connectivity index is 0.00000161. The fourth-order valence-electron chi connectivity index (χ4n) is 2.25. The van der Waals surface area contributed by atoms with Gasteiger partial charge < -0.3 is 23.5 Å². The number of nitrogens with one attached hydrogen (secondary N) is 1. The fraction of sp³-hybridized carbons (Fsp3) is 0.286. The van der Waals surface area contributed by atoms with E-state index in [1.807, 2.05) is 42.2 Å². The number of nitrogens with two attached hydrogens (primary N) is 1. The molecule has 3 heterocycles. The molecule has 0 saturated heterocycles. The molecule has 0 bridgehead atoms. The van der Waals surface area contributed by atoms with E-state index in [0.29, 0.717) is 5.69 Å². The maximum atomic E-state index is 6.08. The molecule has 0 unspecified atom stereocenters. The van der Waals surface area contributed by atoms with Crippen LogP contribution in [-0.2, 0) is 13.6 Å². The summed E-state index contributed by atoms with van der Waals surface area (Å²) < 4.78 is 5.99. The minimum Gasteiger partial charge on any atom is -1.00 e. The Bertz CT molecular complexity index is 724. The van der Waals surface area contributed by atoms with E-state index in [0.717, 1.165) is 30.8 Å². The van der Waals surface area contributed by atoms with Crippen molar-refractivity contribution in [2.45, 2.75) is 13.0 Å². The third-order valence-corrected chi connectivity index (χ3v) is 3.29. The highest BCUT2D eigenvalue weighted by atomic mass is 35.5. The summed E-state index contributed by atoms with van der Waals surface area (Å²) in [5.74, 6) is 0.759. The summed E-state index contributed by atoms with van der Waals surface area (Å²) in [6, 6.07) is 5.87. The van der Waals surface area contributed by atoms with Gasteiger partial charge in [-0.3, -0.25) is 0 Å². The van der Waals surface area contributed by atoms with Gasteiger partial charge in [0.05, 0.1) is 19.1 Å². The number of hydrogen-bond acceptors (Lipinski definition) is 3. The van der Waals surface area contributed by atoms with E-state index in [-0.39, 0.29) is 37.2 Å². The van der Waals surface area contributed by atoms with Crippen LogP contribution in [0.15, 0.2) is 43.1 Å². The standard InChI is InChI=1S/C14H19N6.3ClH/c1-18-9-10-19(11-18)7-4-6-16-14-13(15)12-5-2-3-8-20(12)17-14;;;/h2-3,5,8-11H,4,6-7,15H2,1H3,(H,16,17);3*1H/q+1;;;/p-1. The van der Waals surface area contributed by atoms with Crippen LogP contribution in [0, 0.1) is 0 Å². The maximum absolute atomic E-state index is 6.08. The minimum absolute atomic E-state index is 0. The molecule has 0 aromatic carbocycles. The van der Waals surface area contributed by atoms with Crippen LogP contribution in [0.5, 0.6) is 0 Å². The largest absolute Gasteiger partial charge is 1.00 e. The van der Waals surface area contributed by atoms with Crippen LogP contribution in [-0.4, -0.2) is 20.7 Å². The van der Waals surface area contributed by atoms with E-state index in [4.69, 9.17) is 5.73 Å². The summed E-state index contributed by atoms with van der Waals surface area (Å²) in [6.45, 7) is 1.82. The average molecular weight is 380 g/mol. The number of pyridine rings is 1. The maximum Gasteiger partial charge on any atom is 0.243 e. The summed E-state index contributed by atoms with van der Waals surface area (Å²) in [5.41, 5.74) is 7.73. The Kier molecular flexibility index (Phi) is 8.82. The zero-order chi connectivity index (χ0) is 13.9. The van der Waals surface area contributed by atoms with Crippen molar-refractivity contribution in [1.29, 1.82) is 0 Å². The molecular formula is C14H21Cl3N6. The van der Waals surface area contributed by atoms with Crippen LogP contribution in [0.4, 0.5) is 11.5 Å². The molecule has 3 aromatic rings. The number of aromatic nitrogens is 4. The number of imidazole rings is 1. The molecule has 0 radical (unpaired) electrons. The smallest absolute Gasteiger partial charge is 0.243 e. The number of nitrogens with zero attached hydrogens (tertiary/aromatic N) is 4. The van der Waals surface area contributed by atoms with Crippen molar-refractivity contribution in [3.05, 3.63) is 43.1 Å². The second kappa shape index (κ2) is 9.50. The van der Waals surface area contributed by atoms with Crippen molar-refractivity contribution < 1.29 is 17.0 Å². The number of anilines is 2. The fourth-order valence-corrected chi connectivity index (χ4v) is 2.25. The van der Waals surface area contributed by atoms with Crippen LogP contribution in [0.1, 0.15) is 6.42 Å². The first kappa shape index (κ1) is 21.4. The molecule has 0 aliphatic carbocycles. The zero-order valence-electron chi connectivity index (χ0n) is 12.7. The molecule has 6 nitrogen and oxygen atoms in total. The SMILES string of the molecule is C[n+]1ccn(CCCNc2nn3ccccc3c2N)c1.Cl.Cl.[Cl-]. The Morgan fingerprint density at radius 2 is 2.04 bits per heavy atom. The van der Waals surface area contributed by atoms with E-state index in [1.54, 1.807) is 4.52 Å². The van der Waals surface area contributed by atoms with E-state index < -0.39 is 0 Å². The van der Waals surface area contributed by atoms with Crippen molar-refractivity contribution in [2.75, 3.05) is 17.6 Å². The summed E-state index contributed by atoms with van der Waals surface area (Å²) in [6.07, 6.45) is 9.09. The van der Waals surface area contributed by atoms with Gasteiger partial charge in [0.15, 0.2) is 5.82 Å². The Labute approximate surface area is 153 Å². The van der Waals surface area contributed by atoms with Crippen molar-refractivity contribution in [3.63, 3.8) is 0 Å². The third kappa shape index (κ3) is 4.92. The molecule has 9 heteroatoms. The molecule has 3 rings (SSSR count). The lowest BCUT2D eigenvalue weighted by Crippen LogP contribution is -3.00. The van der Waals surface area contributed by atoms with Crippen LogP contribution >= 0.6 is 24.8 Å². The van der Waals surface area contributed by atoms with Gasteiger partial charge in [-0.15, -0.1) is 29.9 Å². The van der Waals surface area contributed by atoms with E-state index in [2.05, 4.69) is 27.5 Å². The lowest BCUT2D eigenvalue weighted by atomic mass is 10.3. The van der Waals surface area contributed by atoms with E-state index in [9.17, 15) is 0 Å².